The molecule has 0 aliphatic carbocycles. The number of nitrogen functional groups attached to an aromatic ring is 1. The lowest BCUT2D eigenvalue weighted by Crippen LogP contribution is -2.28. The predicted molar refractivity (Wildman–Crippen MR) is 76.5 cm³/mol. The molecule has 2 N–H and O–H groups in total. The zero-order chi connectivity index (χ0) is 15.0. The predicted octanol–water partition coefficient (Wildman–Crippen LogP) is 0.295. The van der Waals surface area contributed by atoms with Crippen molar-refractivity contribution in [2.75, 3.05) is 12.8 Å². The van der Waals surface area contributed by atoms with Gasteiger partial charge in [-0.3, -0.25) is 9.48 Å². The van der Waals surface area contributed by atoms with Gasteiger partial charge in [-0.2, -0.15) is 5.10 Å². The molecule has 1 aliphatic rings. The van der Waals surface area contributed by atoms with Gasteiger partial charge in [0, 0.05) is 32.8 Å². The lowest BCUT2D eigenvalue weighted by Gasteiger charge is -2.15. The van der Waals surface area contributed by atoms with Gasteiger partial charge in [-0.15, -0.1) is 10.2 Å². The third-order valence-corrected chi connectivity index (χ3v) is 3.73. The first kappa shape index (κ1) is 13.6. The first-order valence-corrected chi connectivity index (χ1v) is 7.09. The Hall–Kier alpha value is -2.38. The summed E-state index contributed by atoms with van der Waals surface area (Å²) in [6.07, 6.45) is 3.72. The molecule has 0 unspecified atom stereocenters. The number of fused-ring (bicyclic) bond motifs is 1. The van der Waals surface area contributed by atoms with Crippen LogP contribution in [0.4, 0.5) is 5.69 Å². The molecule has 0 radical (unpaired) electrons. The highest BCUT2D eigenvalue weighted by Crippen LogP contribution is 2.17. The summed E-state index contributed by atoms with van der Waals surface area (Å²) >= 11 is 0. The van der Waals surface area contributed by atoms with E-state index in [0.717, 1.165) is 31.0 Å². The summed E-state index contributed by atoms with van der Waals surface area (Å²) in [5.41, 5.74) is 6.55. The summed E-state index contributed by atoms with van der Waals surface area (Å²) in [5.74, 6) is 1.61. The van der Waals surface area contributed by atoms with Crippen molar-refractivity contribution in [1.82, 2.24) is 29.4 Å². The summed E-state index contributed by atoms with van der Waals surface area (Å²) in [6.45, 7) is 3.96. The number of carbonyl (C=O) groups is 1. The molecule has 0 aromatic carbocycles. The minimum absolute atomic E-state index is 0.199. The molecule has 21 heavy (non-hydrogen) atoms. The molecule has 0 bridgehead atoms. The Kier molecular flexibility index (Phi) is 3.36. The Bertz CT molecular complexity index is 672. The molecule has 3 heterocycles. The van der Waals surface area contributed by atoms with E-state index in [1.54, 1.807) is 22.8 Å². The Morgan fingerprint density at radius 1 is 1.48 bits per heavy atom. The highest BCUT2D eigenvalue weighted by atomic mass is 16.2. The van der Waals surface area contributed by atoms with Gasteiger partial charge in [0.2, 0.25) is 0 Å². The first-order valence-electron chi connectivity index (χ1n) is 7.09. The second kappa shape index (κ2) is 5.19. The summed E-state index contributed by atoms with van der Waals surface area (Å²) < 4.78 is 3.74. The minimum Gasteiger partial charge on any atom is -0.396 e. The molecule has 0 fully saturated rings. The maximum atomic E-state index is 12.4. The third-order valence-electron chi connectivity index (χ3n) is 3.73. The van der Waals surface area contributed by atoms with Gasteiger partial charge >= 0.3 is 0 Å². The average molecular weight is 289 g/mol. The highest BCUT2D eigenvalue weighted by molar-refractivity contribution is 5.96. The van der Waals surface area contributed by atoms with Gasteiger partial charge in [-0.25, -0.2) is 0 Å². The second-order valence-corrected chi connectivity index (χ2v) is 5.24. The lowest BCUT2D eigenvalue weighted by atomic mass is 10.3. The number of hydrogen-bond acceptors (Lipinski definition) is 5. The molecule has 0 atom stereocenters. The van der Waals surface area contributed by atoms with Crippen molar-refractivity contribution in [2.24, 2.45) is 0 Å². The van der Waals surface area contributed by atoms with Crippen LogP contribution in [-0.2, 0) is 26.1 Å². The van der Waals surface area contributed by atoms with Crippen molar-refractivity contribution >= 4 is 11.6 Å². The number of carbonyl (C=O) groups excluding carboxylic acids is 1. The van der Waals surface area contributed by atoms with Crippen LogP contribution >= 0.6 is 0 Å². The van der Waals surface area contributed by atoms with Gasteiger partial charge in [0.05, 0.1) is 12.2 Å². The van der Waals surface area contributed by atoms with Gasteiger partial charge in [-0.1, -0.05) is 0 Å². The van der Waals surface area contributed by atoms with Crippen molar-refractivity contribution in [3.05, 3.63) is 23.5 Å². The van der Waals surface area contributed by atoms with Crippen LogP contribution < -0.4 is 5.73 Å². The van der Waals surface area contributed by atoms with Gasteiger partial charge in [0.15, 0.2) is 11.5 Å². The molecule has 1 aliphatic heterocycles. The molecule has 112 valence electrons. The van der Waals surface area contributed by atoms with Crippen molar-refractivity contribution in [1.29, 1.82) is 0 Å². The van der Waals surface area contributed by atoms with Crippen molar-refractivity contribution < 1.29 is 4.79 Å². The average Bonchev–Trinajstić information content (AvgIpc) is 3.15. The van der Waals surface area contributed by atoms with Crippen LogP contribution in [0.1, 0.15) is 35.5 Å². The van der Waals surface area contributed by atoms with Crippen LogP contribution in [0.5, 0.6) is 0 Å². The van der Waals surface area contributed by atoms with Crippen molar-refractivity contribution in [2.45, 2.75) is 39.4 Å². The van der Waals surface area contributed by atoms with E-state index in [1.165, 1.54) is 0 Å². The molecule has 0 saturated carbocycles. The van der Waals surface area contributed by atoms with Crippen LogP contribution in [0.25, 0.3) is 0 Å². The van der Waals surface area contributed by atoms with E-state index in [1.807, 2.05) is 6.92 Å². The van der Waals surface area contributed by atoms with E-state index in [-0.39, 0.29) is 5.91 Å². The zero-order valence-corrected chi connectivity index (χ0v) is 12.3. The number of amides is 1. The summed E-state index contributed by atoms with van der Waals surface area (Å²) in [7, 11) is 1.73. The van der Waals surface area contributed by atoms with E-state index in [9.17, 15) is 4.79 Å². The molecule has 0 saturated heterocycles. The monoisotopic (exact) mass is 289 g/mol. The molecule has 2 aromatic heterocycles. The van der Waals surface area contributed by atoms with Crippen molar-refractivity contribution in [3.63, 3.8) is 0 Å². The fraction of sp³-hybridized carbons (Fsp3) is 0.538. The second-order valence-electron chi connectivity index (χ2n) is 5.24. The fourth-order valence-electron chi connectivity index (χ4n) is 2.56. The largest absolute Gasteiger partial charge is 0.396 e. The number of rotatable bonds is 4. The molecule has 2 aromatic rings. The summed E-state index contributed by atoms with van der Waals surface area (Å²) in [6, 6.07) is 0. The summed E-state index contributed by atoms with van der Waals surface area (Å²) in [5, 5.41) is 12.5. The molecule has 0 spiro atoms. The van der Waals surface area contributed by atoms with Gasteiger partial charge in [-0.05, 0) is 13.3 Å². The normalized spacial score (nSPS) is 13.4. The van der Waals surface area contributed by atoms with Crippen LogP contribution in [0.3, 0.4) is 0 Å². The van der Waals surface area contributed by atoms with Crippen LogP contribution in [0.15, 0.2) is 6.20 Å². The van der Waals surface area contributed by atoms with Gasteiger partial charge < -0.3 is 15.2 Å². The van der Waals surface area contributed by atoms with Gasteiger partial charge in [0.25, 0.3) is 5.91 Å². The zero-order valence-electron chi connectivity index (χ0n) is 12.3. The number of hydrogen-bond donors (Lipinski definition) is 1. The number of anilines is 1. The maximum absolute atomic E-state index is 12.4. The molecule has 8 heteroatoms. The number of aryl methyl sites for hydroxylation is 2. The topological polar surface area (TPSA) is 94.9 Å². The number of nitrogens with two attached hydrogens (primary N) is 1. The SMILES string of the molecule is CCn1cc(N)c(C(=O)N(C)Cc2nnc3n2CCC3)n1. The molecular formula is C13H19N7O. The minimum atomic E-state index is -0.199. The Balaban J connectivity index is 1.76. The fourth-order valence-corrected chi connectivity index (χ4v) is 2.56. The van der Waals surface area contributed by atoms with Gasteiger partial charge in [0.1, 0.15) is 5.82 Å². The van der Waals surface area contributed by atoms with Crippen LogP contribution in [0, 0.1) is 0 Å². The molecule has 8 nitrogen and oxygen atoms in total. The Morgan fingerprint density at radius 2 is 2.29 bits per heavy atom. The smallest absolute Gasteiger partial charge is 0.276 e. The standard InChI is InChI=1S/C13H19N7O/c1-3-19-7-9(14)12(17-19)13(21)18(2)8-11-16-15-10-5-4-6-20(10)11/h7H,3-6,8,14H2,1-2H3. The van der Waals surface area contributed by atoms with E-state index in [0.29, 0.717) is 24.5 Å². The lowest BCUT2D eigenvalue weighted by molar-refractivity contribution is 0.0774. The van der Waals surface area contributed by atoms with Crippen molar-refractivity contribution in [3.8, 4) is 0 Å². The van der Waals surface area contributed by atoms with E-state index < -0.39 is 0 Å². The number of nitrogens with zero attached hydrogens (tertiary/aromatic N) is 6. The first-order chi connectivity index (χ1) is 10.1. The molecule has 3 rings (SSSR count). The summed E-state index contributed by atoms with van der Waals surface area (Å²) in [4.78, 5) is 14.0. The Labute approximate surface area is 122 Å². The Morgan fingerprint density at radius 3 is 3.00 bits per heavy atom. The molecular weight excluding hydrogens is 270 g/mol. The number of aromatic nitrogens is 5. The quantitative estimate of drug-likeness (QED) is 0.873. The maximum Gasteiger partial charge on any atom is 0.276 e. The van der Waals surface area contributed by atoms with E-state index in [2.05, 4.69) is 19.9 Å². The van der Waals surface area contributed by atoms with E-state index in [4.69, 9.17) is 5.73 Å². The highest BCUT2D eigenvalue weighted by Gasteiger charge is 2.23. The third kappa shape index (κ3) is 2.37. The van der Waals surface area contributed by atoms with Crippen LogP contribution in [-0.4, -0.2) is 42.4 Å². The van der Waals surface area contributed by atoms with E-state index >= 15 is 0 Å². The molecule has 1 amide bonds. The van der Waals surface area contributed by atoms with Crippen LogP contribution in [0.2, 0.25) is 0 Å².